The fourth-order valence-electron chi connectivity index (χ4n) is 3.78. The van der Waals surface area contributed by atoms with E-state index in [0.29, 0.717) is 6.54 Å². The van der Waals surface area contributed by atoms with Crippen LogP contribution in [0.15, 0.2) is 12.7 Å². The van der Waals surface area contributed by atoms with Gasteiger partial charge in [0.05, 0.1) is 10.2 Å². The van der Waals surface area contributed by atoms with Crippen LogP contribution in [0.2, 0.25) is 0 Å². The summed E-state index contributed by atoms with van der Waals surface area (Å²) in [7, 11) is 0. The molecule has 3 nitrogen and oxygen atoms in total. The van der Waals surface area contributed by atoms with E-state index in [1.54, 1.807) is 6.08 Å². The highest BCUT2D eigenvalue weighted by Crippen LogP contribution is 2.72. The predicted molar refractivity (Wildman–Crippen MR) is 74.5 cm³/mol. The van der Waals surface area contributed by atoms with E-state index in [9.17, 15) is 9.59 Å². The quantitative estimate of drug-likeness (QED) is 0.642. The third-order valence-electron chi connectivity index (χ3n) is 5.53. The van der Waals surface area contributed by atoms with E-state index >= 15 is 0 Å². The zero-order valence-electron chi connectivity index (χ0n) is 11.2. The summed E-state index contributed by atoms with van der Waals surface area (Å²) in [6.07, 6.45) is 3.22. The summed E-state index contributed by atoms with van der Waals surface area (Å²) in [5.41, 5.74) is -1.34. The van der Waals surface area contributed by atoms with Crippen molar-refractivity contribution in [3.05, 3.63) is 12.7 Å². The number of hydrogen-bond acceptors (Lipinski definition) is 2. The van der Waals surface area contributed by atoms with Gasteiger partial charge in [-0.15, -0.1) is 6.58 Å². The summed E-state index contributed by atoms with van der Waals surface area (Å²) in [6.45, 7) is 10.2. The summed E-state index contributed by atoms with van der Waals surface area (Å²) in [4.78, 5) is 24.6. The Balaban J connectivity index is 2.46. The zero-order chi connectivity index (χ0) is 13.8. The largest absolute Gasteiger partial charge is 0.352 e. The maximum absolute atomic E-state index is 12.6. The Kier molecular flexibility index (Phi) is 3.01. The van der Waals surface area contributed by atoms with Gasteiger partial charge in [0.15, 0.2) is 5.78 Å². The first-order valence-electron chi connectivity index (χ1n) is 6.33. The Morgan fingerprint density at radius 1 is 1.50 bits per heavy atom. The molecule has 2 bridgehead atoms. The minimum Gasteiger partial charge on any atom is -0.352 e. The monoisotopic (exact) mass is 313 g/mol. The predicted octanol–water partition coefficient (Wildman–Crippen LogP) is 2.45. The van der Waals surface area contributed by atoms with Gasteiger partial charge in [0.25, 0.3) is 0 Å². The Labute approximate surface area is 117 Å². The third kappa shape index (κ3) is 1.25. The molecular weight excluding hydrogens is 294 g/mol. The minimum atomic E-state index is -0.623. The maximum atomic E-state index is 12.6. The highest BCUT2D eigenvalue weighted by molar-refractivity contribution is 9.10. The first-order chi connectivity index (χ1) is 8.25. The van der Waals surface area contributed by atoms with Crippen molar-refractivity contribution in [2.24, 2.45) is 16.2 Å². The molecule has 0 aromatic carbocycles. The van der Waals surface area contributed by atoms with Crippen LogP contribution in [0.1, 0.15) is 33.6 Å². The lowest BCUT2D eigenvalue weighted by molar-refractivity contribution is -0.135. The molecule has 0 spiro atoms. The zero-order valence-corrected chi connectivity index (χ0v) is 12.8. The van der Waals surface area contributed by atoms with Crippen molar-refractivity contribution < 1.29 is 9.59 Å². The number of ketones is 1. The molecule has 4 heteroatoms. The van der Waals surface area contributed by atoms with Crippen molar-refractivity contribution in [2.45, 2.75) is 38.4 Å². The number of rotatable bonds is 3. The van der Waals surface area contributed by atoms with Gasteiger partial charge in [0.2, 0.25) is 5.91 Å². The van der Waals surface area contributed by atoms with E-state index in [-0.39, 0.29) is 21.9 Å². The Hall–Kier alpha value is -0.640. The molecule has 0 aromatic rings. The van der Waals surface area contributed by atoms with Gasteiger partial charge in [-0.3, -0.25) is 9.59 Å². The maximum Gasteiger partial charge on any atom is 0.228 e. The van der Waals surface area contributed by atoms with Crippen molar-refractivity contribution in [1.29, 1.82) is 0 Å². The van der Waals surface area contributed by atoms with Gasteiger partial charge in [0, 0.05) is 12.0 Å². The van der Waals surface area contributed by atoms with Crippen molar-refractivity contribution in [2.75, 3.05) is 6.54 Å². The van der Waals surface area contributed by atoms with E-state index in [1.807, 2.05) is 20.8 Å². The fourth-order valence-corrected chi connectivity index (χ4v) is 5.29. The summed E-state index contributed by atoms with van der Waals surface area (Å²) in [5.74, 6) is 0.149. The number of Topliss-reactive ketones (excluding diaryl/α,β-unsaturated/α-hetero) is 1. The van der Waals surface area contributed by atoms with Gasteiger partial charge in [-0.05, 0) is 18.3 Å². The van der Waals surface area contributed by atoms with Crippen LogP contribution in [0.5, 0.6) is 0 Å². The second-order valence-electron chi connectivity index (χ2n) is 6.15. The van der Waals surface area contributed by atoms with Crippen LogP contribution in [0.4, 0.5) is 0 Å². The SMILES string of the molecule is C=CCNC(=O)[C@]12CC[C@](C)(C(=O)[C@H]1Br)C2(C)C. The average molecular weight is 314 g/mol. The molecular formula is C14H20BrNO2. The molecule has 2 fully saturated rings. The fraction of sp³-hybridized carbons (Fsp3) is 0.714. The summed E-state index contributed by atoms with van der Waals surface area (Å²) >= 11 is 3.49. The topological polar surface area (TPSA) is 46.2 Å². The highest BCUT2D eigenvalue weighted by Gasteiger charge is 2.76. The average Bonchev–Trinajstić information content (AvgIpc) is 2.59. The number of amides is 1. The molecule has 2 saturated carbocycles. The van der Waals surface area contributed by atoms with Crippen LogP contribution in [0.3, 0.4) is 0 Å². The highest BCUT2D eigenvalue weighted by atomic mass is 79.9. The van der Waals surface area contributed by atoms with E-state index < -0.39 is 10.8 Å². The lowest BCUT2D eigenvalue weighted by Gasteiger charge is -2.39. The van der Waals surface area contributed by atoms with Crippen molar-refractivity contribution >= 4 is 27.6 Å². The lowest BCUT2D eigenvalue weighted by Crippen LogP contribution is -2.50. The number of alkyl halides is 1. The number of carbonyl (C=O) groups is 2. The van der Waals surface area contributed by atoms with Gasteiger partial charge < -0.3 is 5.32 Å². The standard InChI is InChI=1S/C14H20BrNO2/c1-5-8-16-11(18)14-7-6-13(4,12(14,2)3)10(17)9(14)15/h5,9H,1,6-8H2,2-4H3,(H,16,18)/t9-,13-,14+/m1/s1. The van der Waals surface area contributed by atoms with Crippen LogP contribution >= 0.6 is 15.9 Å². The molecule has 0 heterocycles. The Morgan fingerprint density at radius 2 is 2.11 bits per heavy atom. The van der Waals surface area contributed by atoms with Crippen LogP contribution in [0, 0.1) is 16.2 Å². The molecule has 0 aromatic heterocycles. The lowest BCUT2D eigenvalue weighted by atomic mass is 9.64. The Bertz CT molecular complexity index is 432. The first-order valence-corrected chi connectivity index (χ1v) is 7.25. The third-order valence-corrected chi connectivity index (χ3v) is 6.73. The number of carbonyl (C=O) groups excluding carboxylic acids is 2. The van der Waals surface area contributed by atoms with Gasteiger partial charge in [-0.2, -0.15) is 0 Å². The Morgan fingerprint density at radius 3 is 2.56 bits per heavy atom. The minimum absolute atomic E-state index is 0.0242. The summed E-state index contributed by atoms with van der Waals surface area (Å²) < 4.78 is 0. The molecule has 2 rings (SSSR count). The van der Waals surface area contributed by atoms with Crippen LogP contribution in [0.25, 0.3) is 0 Å². The molecule has 0 unspecified atom stereocenters. The molecule has 3 atom stereocenters. The second kappa shape index (κ2) is 3.92. The molecule has 100 valence electrons. The molecule has 0 aliphatic heterocycles. The van der Waals surface area contributed by atoms with E-state index in [2.05, 4.69) is 27.8 Å². The molecule has 0 saturated heterocycles. The molecule has 2 aliphatic rings. The molecule has 0 radical (unpaired) electrons. The van der Waals surface area contributed by atoms with E-state index in [1.165, 1.54) is 0 Å². The van der Waals surface area contributed by atoms with Crippen molar-refractivity contribution in [1.82, 2.24) is 5.32 Å². The summed E-state index contributed by atoms with van der Waals surface area (Å²) in [5, 5.41) is 2.88. The smallest absolute Gasteiger partial charge is 0.228 e. The summed E-state index contributed by atoms with van der Waals surface area (Å²) in [6, 6.07) is 0. The van der Waals surface area contributed by atoms with E-state index in [0.717, 1.165) is 12.8 Å². The molecule has 2 aliphatic carbocycles. The molecule has 18 heavy (non-hydrogen) atoms. The van der Waals surface area contributed by atoms with Gasteiger partial charge in [-0.1, -0.05) is 42.8 Å². The van der Waals surface area contributed by atoms with Crippen molar-refractivity contribution in [3.63, 3.8) is 0 Å². The molecule has 1 amide bonds. The van der Waals surface area contributed by atoms with Gasteiger partial charge in [0.1, 0.15) is 0 Å². The first kappa shape index (κ1) is 13.8. The van der Waals surface area contributed by atoms with Crippen LogP contribution in [-0.4, -0.2) is 23.1 Å². The van der Waals surface area contributed by atoms with Crippen molar-refractivity contribution in [3.8, 4) is 0 Å². The van der Waals surface area contributed by atoms with E-state index in [4.69, 9.17) is 0 Å². The van der Waals surface area contributed by atoms with Gasteiger partial charge >= 0.3 is 0 Å². The second-order valence-corrected chi connectivity index (χ2v) is 7.07. The number of hydrogen-bond donors (Lipinski definition) is 1. The number of nitrogens with one attached hydrogen (secondary N) is 1. The number of halogens is 1. The van der Waals surface area contributed by atoms with Crippen LogP contribution in [-0.2, 0) is 9.59 Å². The number of fused-ring (bicyclic) bond motifs is 2. The normalized spacial score (nSPS) is 40.9. The van der Waals surface area contributed by atoms with Gasteiger partial charge in [-0.25, -0.2) is 0 Å². The molecule has 1 N–H and O–H groups in total. The van der Waals surface area contributed by atoms with Crippen LogP contribution < -0.4 is 5.32 Å².